The SMILES string of the molecule is CCCCCCC(=O)Cc1c(F)cccc1F. The minimum absolute atomic E-state index is 0.0925. The maximum atomic E-state index is 13.3. The van der Waals surface area contributed by atoms with Gasteiger partial charge in [-0.15, -0.1) is 0 Å². The van der Waals surface area contributed by atoms with Crippen molar-refractivity contribution in [1.82, 2.24) is 0 Å². The van der Waals surface area contributed by atoms with Crippen LogP contribution in [0.25, 0.3) is 0 Å². The number of Topliss-reactive ketones (excluding diaryl/α,β-unsaturated/α-hetero) is 1. The van der Waals surface area contributed by atoms with Gasteiger partial charge in [-0.25, -0.2) is 8.78 Å². The monoisotopic (exact) mass is 240 g/mol. The van der Waals surface area contributed by atoms with Crippen molar-refractivity contribution < 1.29 is 13.6 Å². The molecule has 0 aliphatic rings. The summed E-state index contributed by atoms with van der Waals surface area (Å²) in [7, 11) is 0. The average Bonchev–Trinajstić information content (AvgIpc) is 2.30. The largest absolute Gasteiger partial charge is 0.299 e. The minimum Gasteiger partial charge on any atom is -0.299 e. The van der Waals surface area contributed by atoms with Crippen molar-refractivity contribution in [3.63, 3.8) is 0 Å². The van der Waals surface area contributed by atoms with Crippen LogP contribution in [-0.2, 0) is 11.2 Å². The van der Waals surface area contributed by atoms with Crippen LogP contribution in [0.3, 0.4) is 0 Å². The predicted octanol–water partition coefficient (Wildman–Crippen LogP) is 4.05. The van der Waals surface area contributed by atoms with Crippen molar-refractivity contribution in [3.05, 3.63) is 35.4 Å². The van der Waals surface area contributed by atoms with Crippen LogP contribution in [0.1, 0.15) is 44.6 Å². The molecule has 0 radical (unpaired) electrons. The summed E-state index contributed by atoms with van der Waals surface area (Å²) in [5, 5.41) is 0. The topological polar surface area (TPSA) is 17.1 Å². The molecular formula is C14H18F2O. The van der Waals surface area contributed by atoms with Crippen molar-refractivity contribution in [2.75, 3.05) is 0 Å². The third-order valence-corrected chi connectivity index (χ3v) is 2.74. The summed E-state index contributed by atoms with van der Waals surface area (Å²) >= 11 is 0. The predicted molar refractivity (Wildman–Crippen MR) is 63.8 cm³/mol. The second-order valence-corrected chi connectivity index (χ2v) is 4.23. The van der Waals surface area contributed by atoms with Crippen LogP contribution in [0.5, 0.6) is 0 Å². The summed E-state index contributed by atoms with van der Waals surface area (Å²) in [6.07, 6.45) is 4.29. The number of carbonyl (C=O) groups excluding carboxylic acids is 1. The summed E-state index contributed by atoms with van der Waals surface area (Å²) in [6.45, 7) is 2.09. The van der Waals surface area contributed by atoms with Crippen LogP contribution in [0.4, 0.5) is 8.78 Å². The Bertz CT molecular complexity index is 354. The number of benzene rings is 1. The molecule has 0 atom stereocenters. The molecule has 0 saturated carbocycles. The van der Waals surface area contributed by atoms with E-state index >= 15 is 0 Å². The molecular weight excluding hydrogens is 222 g/mol. The van der Waals surface area contributed by atoms with E-state index in [1.807, 2.05) is 0 Å². The number of rotatable bonds is 7. The van der Waals surface area contributed by atoms with E-state index in [0.717, 1.165) is 25.7 Å². The fourth-order valence-electron chi connectivity index (χ4n) is 1.74. The molecule has 0 aromatic heterocycles. The van der Waals surface area contributed by atoms with Crippen LogP contribution in [0.15, 0.2) is 18.2 Å². The molecule has 3 heteroatoms. The average molecular weight is 240 g/mol. The fourth-order valence-corrected chi connectivity index (χ4v) is 1.74. The van der Waals surface area contributed by atoms with Crippen LogP contribution < -0.4 is 0 Å². The molecule has 0 N–H and O–H groups in total. The molecule has 1 nitrogen and oxygen atoms in total. The van der Waals surface area contributed by atoms with Gasteiger partial charge >= 0.3 is 0 Å². The molecule has 1 aromatic carbocycles. The second kappa shape index (κ2) is 7.15. The van der Waals surface area contributed by atoms with E-state index in [9.17, 15) is 13.6 Å². The van der Waals surface area contributed by atoms with Gasteiger partial charge in [0, 0.05) is 18.4 Å². The Morgan fingerprint density at radius 2 is 1.76 bits per heavy atom. The first-order chi connectivity index (χ1) is 8.15. The van der Waals surface area contributed by atoms with E-state index in [4.69, 9.17) is 0 Å². The fraction of sp³-hybridized carbons (Fsp3) is 0.500. The van der Waals surface area contributed by atoms with Crippen molar-refractivity contribution in [2.45, 2.75) is 45.4 Å². The molecule has 0 amide bonds. The first-order valence-corrected chi connectivity index (χ1v) is 6.09. The summed E-state index contributed by atoms with van der Waals surface area (Å²) in [4.78, 5) is 11.5. The molecule has 0 fully saturated rings. The smallest absolute Gasteiger partial charge is 0.137 e. The Morgan fingerprint density at radius 3 is 2.35 bits per heavy atom. The summed E-state index contributed by atoms with van der Waals surface area (Å²) in [5.41, 5.74) is -0.104. The first-order valence-electron chi connectivity index (χ1n) is 6.09. The molecule has 94 valence electrons. The van der Waals surface area contributed by atoms with Crippen LogP contribution in [-0.4, -0.2) is 5.78 Å². The number of carbonyl (C=O) groups is 1. The van der Waals surface area contributed by atoms with Crippen LogP contribution in [0, 0.1) is 11.6 Å². The highest BCUT2D eigenvalue weighted by Crippen LogP contribution is 2.14. The van der Waals surface area contributed by atoms with Gasteiger partial charge in [0.05, 0.1) is 0 Å². The molecule has 0 aliphatic heterocycles. The molecule has 0 aliphatic carbocycles. The molecule has 0 spiro atoms. The quantitative estimate of drug-likeness (QED) is 0.657. The van der Waals surface area contributed by atoms with Gasteiger partial charge in [0.1, 0.15) is 17.4 Å². The Labute approximate surface area is 101 Å². The van der Waals surface area contributed by atoms with Crippen LogP contribution >= 0.6 is 0 Å². The highest BCUT2D eigenvalue weighted by molar-refractivity contribution is 5.80. The van der Waals surface area contributed by atoms with Gasteiger partial charge in [0.2, 0.25) is 0 Å². The summed E-state index contributed by atoms with van der Waals surface area (Å²) in [6, 6.07) is 3.67. The lowest BCUT2D eigenvalue weighted by molar-refractivity contribution is -0.118. The first kappa shape index (κ1) is 13.8. The number of halogens is 2. The van der Waals surface area contributed by atoms with E-state index in [-0.39, 0.29) is 17.8 Å². The zero-order valence-corrected chi connectivity index (χ0v) is 10.1. The molecule has 0 unspecified atom stereocenters. The van der Waals surface area contributed by atoms with E-state index in [0.29, 0.717) is 6.42 Å². The van der Waals surface area contributed by atoms with E-state index in [1.54, 1.807) is 0 Å². The Balaban J connectivity index is 2.45. The van der Waals surface area contributed by atoms with Gasteiger partial charge < -0.3 is 0 Å². The van der Waals surface area contributed by atoms with E-state index < -0.39 is 11.6 Å². The van der Waals surface area contributed by atoms with E-state index in [2.05, 4.69) is 6.92 Å². The third kappa shape index (κ3) is 4.63. The zero-order chi connectivity index (χ0) is 12.7. The molecule has 1 aromatic rings. The molecule has 1 rings (SSSR count). The van der Waals surface area contributed by atoms with Gasteiger partial charge in [-0.3, -0.25) is 4.79 Å². The van der Waals surface area contributed by atoms with Crippen molar-refractivity contribution in [1.29, 1.82) is 0 Å². The lowest BCUT2D eigenvalue weighted by Gasteiger charge is -2.04. The lowest BCUT2D eigenvalue weighted by atomic mass is 10.0. The lowest BCUT2D eigenvalue weighted by Crippen LogP contribution is -2.06. The normalized spacial score (nSPS) is 10.5. The van der Waals surface area contributed by atoms with Crippen molar-refractivity contribution in [2.24, 2.45) is 0 Å². The minimum atomic E-state index is -0.632. The summed E-state index contributed by atoms with van der Waals surface area (Å²) in [5.74, 6) is -1.36. The maximum Gasteiger partial charge on any atom is 0.137 e. The van der Waals surface area contributed by atoms with Crippen LogP contribution in [0.2, 0.25) is 0 Å². The van der Waals surface area contributed by atoms with E-state index in [1.165, 1.54) is 18.2 Å². The second-order valence-electron chi connectivity index (χ2n) is 4.23. The molecule has 17 heavy (non-hydrogen) atoms. The van der Waals surface area contributed by atoms with Gasteiger partial charge in [0.15, 0.2) is 0 Å². The van der Waals surface area contributed by atoms with Crippen molar-refractivity contribution in [3.8, 4) is 0 Å². The van der Waals surface area contributed by atoms with Gasteiger partial charge in [-0.05, 0) is 18.6 Å². The standard InChI is InChI=1S/C14H18F2O/c1-2-3-4-5-7-11(17)10-12-13(15)8-6-9-14(12)16/h6,8-9H,2-5,7,10H2,1H3. The number of hydrogen-bond acceptors (Lipinski definition) is 1. The maximum absolute atomic E-state index is 13.3. The van der Waals surface area contributed by atoms with Crippen molar-refractivity contribution >= 4 is 5.78 Å². The Kier molecular flexibility index (Phi) is 5.81. The number of hydrogen-bond donors (Lipinski definition) is 0. The number of unbranched alkanes of at least 4 members (excludes halogenated alkanes) is 3. The Morgan fingerprint density at radius 1 is 1.12 bits per heavy atom. The summed E-state index contributed by atoms with van der Waals surface area (Å²) < 4.78 is 26.5. The van der Waals surface area contributed by atoms with Gasteiger partial charge in [-0.1, -0.05) is 32.3 Å². The Hall–Kier alpha value is -1.25. The highest BCUT2D eigenvalue weighted by Gasteiger charge is 2.12. The molecule has 0 bridgehead atoms. The number of ketones is 1. The van der Waals surface area contributed by atoms with Gasteiger partial charge in [-0.2, -0.15) is 0 Å². The highest BCUT2D eigenvalue weighted by atomic mass is 19.1. The molecule has 0 heterocycles. The molecule has 0 saturated heterocycles. The van der Waals surface area contributed by atoms with Gasteiger partial charge in [0.25, 0.3) is 0 Å². The third-order valence-electron chi connectivity index (χ3n) is 2.74. The zero-order valence-electron chi connectivity index (χ0n) is 10.1.